The SMILES string of the molecule is CCCc1nc2cc(C(=O)NCC(C)CC(=O)Nc3ccc(C#N)c(Cl)c3)ccn2c1CC. The summed E-state index contributed by atoms with van der Waals surface area (Å²) in [6.45, 7) is 6.50. The number of carbonyl (C=O) groups excluding carboxylic acids is 2. The summed E-state index contributed by atoms with van der Waals surface area (Å²) < 4.78 is 2.05. The maximum Gasteiger partial charge on any atom is 0.251 e. The van der Waals surface area contributed by atoms with Gasteiger partial charge in [0.25, 0.3) is 5.91 Å². The lowest BCUT2D eigenvalue weighted by molar-refractivity contribution is -0.116. The molecule has 0 saturated carbocycles. The molecule has 0 radical (unpaired) electrons. The number of imidazole rings is 1. The third-order valence-corrected chi connectivity index (χ3v) is 5.72. The number of rotatable bonds is 9. The van der Waals surface area contributed by atoms with E-state index in [9.17, 15) is 9.59 Å². The Balaban J connectivity index is 1.56. The number of halogens is 1. The number of carbonyl (C=O) groups is 2. The minimum absolute atomic E-state index is 0.0687. The van der Waals surface area contributed by atoms with Crippen LogP contribution in [0.15, 0.2) is 36.5 Å². The van der Waals surface area contributed by atoms with Gasteiger partial charge in [-0.15, -0.1) is 0 Å². The van der Waals surface area contributed by atoms with E-state index in [2.05, 4.69) is 24.5 Å². The Hall–Kier alpha value is -3.37. The molecule has 2 heterocycles. The zero-order valence-corrected chi connectivity index (χ0v) is 19.9. The molecule has 0 aliphatic carbocycles. The first-order valence-electron chi connectivity index (χ1n) is 11.1. The quantitative estimate of drug-likeness (QED) is 0.475. The number of nitriles is 1. The molecule has 7 nitrogen and oxygen atoms in total. The molecule has 33 heavy (non-hydrogen) atoms. The first kappa shape index (κ1) is 24.3. The van der Waals surface area contributed by atoms with Crippen molar-refractivity contribution >= 4 is 34.7 Å². The van der Waals surface area contributed by atoms with Crippen LogP contribution in [0.1, 0.15) is 60.9 Å². The highest BCUT2D eigenvalue weighted by atomic mass is 35.5. The number of benzene rings is 1. The lowest BCUT2D eigenvalue weighted by Gasteiger charge is -2.13. The van der Waals surface area contributed by atoms with Crippen molar-refractivity contribution in [1.82, 2.24) is 14.7 Å². The molecule has 3 rings (SSSR count). The summed E-state index contributed by atoms with van der Waals surface area (Å²) in [4.78, 5) is 29.7. The second kappa shape index (κ2) is 11.0. The van der Waals surface area contributed by atoms with Crippen LogP contribution in [0, 0.1) is 17.2 Å². The van der Waals surface area contributed by atoms with Gasteiger partial charge < -0.3 is 15.0 Å². The summed E-state index contributed by atoms with van der Waals surface area (Å²) >= 11 is 6.00. The van der Waals surface area contributed by atoms with Crippen molar-refractivity contribution in [2.45, 2.75) is 46.5 Å². The Bertz CT molecular complexity index is 1210. The average molecular weight is 466 g/mol. The van der Waals surface area contributed by atoms with E-state index in [0.717, 1.165) is 30.6 Å². The summed E-state index contributed by atoms with van der Waals surface area (Å²) in [6.07, 6.45) is 4.96. The van der Waals surface area contributed by atoms with E-state index >= 15 is 0 Å². The van der Waals surface area contributed by atoms with E-state index < -0.39 is 0 Å². The van der Waals surface area contributed by atoms with E-state index in [1.54, 1.807) is 30.3 Å². The number of nitrogens with one attached hydrogen (secondary N) is 2. The summed E-state index contributed by atoms with van der Waals surface area (Å²) in [6, 6.07) is 10.3. The Labute approximate surface area is 198 Å². The van der Waals surface area contributed by atoms with Crippen LogP contribution in [0.3, 0.4) is 0 Å². The van der Waals surface area contributed by atoms with Crippen LogP contribution < -0.4 is 10.6 Å². The summed E-state index contributed by atoms with van der Waals surface area (Å²) in [7, 11) is 0. The highest BCUT2D eigenvalue weighted by molar-refractivity contribution is 6.32. The molecular weight excluding hydrogens is 438 g/mol. The van der Waals surface area contributed by atoms with E-state index in [4.69, 9.17) is 21.8 Å². The highest BCUT2D eigenvalue weighted by Gasteiger charge is 2.15. The second-order valence-electron chi connectivity index (χ2n) is 8.13. The Kier molecular flexibility index (Phi) is 8.07. The Morgan fingerprint density at radius 2 is 2.03 bits per heavy atom. The van der Waals surface area contributed by atoms with E-state index in [0.29, 0.717) is 23.4 Å². The molecule has 172 valence electrons. The molecule has 1 unspecified atom stereocenters. The molecule has 1 aromatic carbocycles. The predicted octanol–water partition coefficient (Wildman–Crippen LogP) is 4.77. The third kappa shape index (κ3) is 5.91. The molecule has 0 aliphatic rings. The summed E-state index contributed by atoms with van der Waals surface area (Å²) in [5, 5.41) is 14.9. The molecular formula is C25H28ClN5O2. The lowest BCUT2D eigenvalue weighted by atomic mass is 10.1. The number of aromatic nitrogens is 2. The molecule has 1 atom stereocenters. The Morgan fingerprint density at radius 1 is 1.24 bits per heavy atom. The van der Waals surface area contributed by atoms with Crippen molar-refractivity contribution in [3.05, 3.63) is 64.1 Å². The Morgan fingerprint density at radius 3 is 2.70 bits per heavy atom. The van der Waals surface area contributed by atoms with Crippen LogP contribution in [0.5, 0.6) is 0 Å². The zero-order valence-electron chi connectivity index (χ0n) is 19.1. The fourth-order valence-electron chi connectivity index (χ4n) is 3.75. The van der Waals surface area contributed by atoms with Crippen molar-refractivity contribution in [3.63, 3.8) is 0 Å². The van der Waals surface area contributed by atoms with Gasteiger partial charge in [-0.05, 0) is 49.1 Å². The highest BCUT2D eigenvalue weighted by Crippen LogP contribution is 2.21. The van der Waals surface area contributed by atoms with Crippen LogP contribution in [0.25, 0.3) is 5.65 Å². The van der Waals surface area contributed by atoms with Crippen LogP contribution in [-0.2, 0) is 17.6 Å². The van der Waals surface area contributed by atoms with Gasteiger partial charge >= 0.3 is 0 Å². The standard InChI is InChI=1S/C25H28ClN5O2/c1-4-6-21-22(5-2)31-10-9-17(12-23(31)30-21)25(33)28-15-16(3)11-24(32)29-19-8-7-18(14-27)20(26)13-19/h7-10,12-13,16H,4-6,11,15H2,1-3H3,(H,28,33)(H,29,32). The molecule has 0 spiro atoms. The molecule has 8 heteroatoms. The molecule has 3 aromatic rings. The van der Waals surface area contributed by atoms with Crippen molar-refractivity contribution < 1.29 is 9.59 Å². The summed E-state index contributed by atoms with van der Waals surface area (Å²) in [5.74, 6) is -0.450. The van der Waals surface area contributed by atoms with Crippen molar-refractivity contribution in [2.75, 3.05) is 11.9 Å². The molecule has 0 fully saturated rings. The van der Waals surface area contributed by atoms with Crippen molar-refractivity contribution in [2.24, 2.45) is 5.92 Å². The topological polar surface area (TPSA) is 99.3 Å². The van der Waals surface area contributed by atoms with Crippen LogP contribution in [0.4, 0.5) is 5.69 Å². The first-order valence-corrected chi connectivity index (χ1v) is 11.5. The number of fused-ring (bicyclic) bond motifs is 1. The van der Waals surface area contributed by atoms with Gasteiger partial charge in [-0.25, -0.2) is 4.98 Å². The zero-order chi connectivity index (χ0) is 24.0. The fourth-order valence-corrected chi connectivity index (χ4v) is 3.97. The van der Waals surface area contributed by atoms with E-state index in [-0.39, 0.29) is 29.2 Å². The molecule has 0 aliphatic heterocycles. The van der Waals surface area contributed by atoms with Crippen LogP contribution in [0.2, 0.25) is 5.02 Å². The van der Waals surface area contributed by atoms with Gasteiger partial charge in [0.05, 0.1) is 16.3 Å². The maximum atomic E-state index is 12.7. The first-order chi connectivity index (χ1) is 15.9. The van der Waals surface area contributed by atoms with Gasteiger partial charge in [-0.2, -0.15) is 5.26 Å². The van der Waals surface area contributed by atoms with Gasteiger partial charge in [-0.3, -0.25) is 9.59 Å². The molecule has 0 saturated heterocycles. The van der Waals surface area contributed by atoms with Gasteiger partial charge in [-0.1, -0.05) is 38.8 Å². The predicted molar refractivity (Wildman–Crippen MR) is 129 cm³/mol. The number of pyridine rings is 1. The number of anilines is 1. The largest absolute Gasteiger partial charge is 0.352 e. The van der Waals surface area contributed by atoms with E-state index in [1.165, 1.54) is 5.69 Å². The monoisotopic (exact) mass is 465 g/mol. The number of hydrogen-bond donors (Lipinski definition) is 2. The number of hydrogen-bond acceptors (Lipinski definition) is 4. The van der Waals surface area contributed by atoms with Crippen molar-refractivity contribution in [1.29, 1.82) is 5.26 Å². The lowest BCUT2D eigenvalue weighted by Crippen LogP contribution is -2.30. The molecule has 2 amide bonds. The minimum atomic E-state index is -0.193. The number of aryl methyl sites for hydroxylation is 2. The average Bonchev–Trinajstić information content (AvgIpc) is 3.14. The number of nitrogens with zero attached hydrogens (tertiary/aromatic N) is 3. The van der Waals surface area contributed by atoms with Gasteiger partial charge in [0, 0.05) is 36.1 Å². The van der Waals surface area contributed by atoms with Crippen LogP contribution in [-0.4, -0.2) is 27.7 Å². The summed E-state index contributed by atoms with van der Waals surface area (Å²) in [5.41, 5.74) is 4.47. The second-order valence-corrected chi connectivity index (χ2v) is 8.53. The van der Waals surface area contributed by atoms with Gasteiger partial charge in [0.1, 0.15) is 11.7 Å². The van der Waals surface area contributed by atoms with Crippen LogP contribution >= 0.6 is 11.6 Å². The molecule has 0 bridgehead atoms. The van der Waals surface area contributed by atoms with Crippen molar-refractivity contribution in [3.8, 4) is 6.07 Å². The maximum absolute atomic E-state index is 12.7. The normalized spacial score (nSPS) is 11.7. The van der Waals surface area contributed by atoms with E-state index in [1.807, 2.05) is 23.6 Å². The smallest absolute Gasteiger partial charge is 0.251 e. The molecule has 2 N–H and O–H groups in total. The van der Waals surface area contributed by atoms with Gasteiger partial charge in [0.2, 0.25) is 5.91 Å². The third-order valence-electron chi connectivity index (χ3n) is 5.41. The minimum Gasteiger partial charge on any atom is -0.352 e. The number of amides is 2. The van der Waals surface area contributed by atoms with Gasteiger partial charge in [0.15, 0.2) is 0 Å². The fraction of sp³-hybridized carbons (Fsp3) is 0.360. The molecule has 2 aromatic heterocycles.